The first-order valence-corrected chi connectivity index (χ1v) is 5.17. The van der Waals surface area contributed by atoms with Crippen LogP contribution >= 0.6 is 0 Å². The standard InChI is InChI=1S/C13H19NO/c1-11(13(2,3)15-4)14-10-12-8-6-5-7-9-12/h5-9H,10H2,1-4H3. The Kier molecular flexibility index (Phi) is 4.04. The minimum Gasteiger partial charge on any atom is -0.373 e. The van der Waals surface area contributed by atoms with Gasteiger partial charge in [0.1, 0.15) is 0 Å². The largest absolute Gasteiger partial charge is 0.373 e. The first-order chi connectivity index (χ1) is 7.06. The van der Waals surface area contributed by atoms with Crippen LogP contribution in [0.4, 0.5) is 0 Å². The van der Waals surface area contributed by atoms with Gasteiger partial charge in [0, 0.05) is 12.8 Å². The first-order valence-electron chi connectivity index (χ1n) is 5.17. The van der Waals surface area contributed by atoms with Gasteiger partial charge < -0.3 is 4.74 Å². The number of nitrogens with zero attached hydrogens (tertiary/aromatic N) is 1. The highest BCUT2D eigenvalue weighted by Gasteiger charge is 2.19. The first kappa shape index (κ1) is 11.9. The zero-order chi connectivity index (χ0) is 11.3. The fourth-order valence-corrected chi connectivity index (χ4v) is 1.13. The molecule has 1 aromatic carbocycles. The third kappa shape index (κ3) is 3.48. The normalized spacial score (nSPS) is 12.9. The van der Waals surface area contributed by atoms with Gasteiger partial charge in [0.05, 0.1) is 12.1 Å². The summed E-state index contributed by atoms with van der Waals surface area (Å²) in [4.78, 5) is 4.53. The quantitative estimate of drug-likeness (QED) is 0.692. The summed E-state index contributed by atoms with van der Waals surface area (Å²) >= 11 is 0. The van der Waals surface area contributed by atoms with Crippen LogP contribution in [0.5, 0.6) is 0 Å². The van der Waals surface area contributed by atoms with Gasteiger partial charge >= 0.3 is 0 Å². The Hall–Kier alpha value is -1.15. The Bertz CT molecular complexity index is 328. The maximum absolute atomic E-state index is 5.36. The lowest BCUT2D eigenvalue weighted by Crippen LogP contribution is -2.31. The third-order valence-corrected chi connectivity index (χ3v) is 2.72. The van der Waals surface area contributed by atoms with Crippen molar-refractivity contribution in [2.45, 2.75) is 32.9 Å². The summed E-state index contributed by atoms with van der Waals surface area (Å²) < 4.78 is 5.36. The van der Waals surface area contributed by atoms with Crippen LogP contribution in [0.1, 0.15) is 26.3 Å². The molecule has 0 aromatic heterocycles. The average molecular weight is 205 g/mol. The molecular formula is C13H19NO. The second-order valence-corrected chi connectivity index (χ2v) is 4.10. The van der Waals surface area contributed by atoms with Gasteiger partial charge in [-0.2, -0.15) is 0 Å². The number of aliphatic imine (C=N–C) groups is 1. The Morgan fingerprint density at radius 1 is 1.27 bits per heavy atom. The average Bonchev–Trinajstić information content (AvgIpc) is 2.27. The zero-order valence-corrected chi connectivity index (χ0v) is 9.95. The fraction of sp³-hybridized carbons (Fsp3) is 0.462. The molecule has 0 aliphatic carbocycles. The molecule has 0 saturated heterocycles. The van der Waals surface area contributed by atoms with Crippen LogP contribution in [0.2, 0.25) is 0 Å². The molecule has 1 rings (SSSR count). The molecule has 0 heterocycles. The predicted octanol–water partition coefficient (Wildman–Crippen LogP) is 3.07. The summed E-state index contributed by atoms with van der Waals surface area (Å²) in [7, 11) is 1.71. The van der Waals surface area contributed by atoms with E-state index in [4.69, 9.17) is 4.74 Å². The molecule has 0 atom stereocenters. The van der Waals surface area contributed by atoms with Gasteiger partial charge in [-0.1, -0.05) is 30.3 Å². The van der Waals surface area contributed by atoms with E-state index in [1.54, 1.807) is 7.11 Å². The molecule has 0 radical (unpaired) electrons. The highest BCUT2D eigenvalue weighted by molar-refractivity contribution is 5.89. The SMILES string of the molecule is COC(C)(C)C(C)=NCc1ccccc1. The Morgan fingerprint density at radius 2 is 1.87 bits per heavy atom. The monoisotopic (exact) mass is 205 g/mol. The molecule has 0 amide bonds. The van der Waals surface area contributed by atoms with E-state index in [1.807, 2.05) is 39.0 Å². The lowest BCUT2D eigenvalue weighted by molar-refractivity contribution is 0.0821. The van der Waals surface area contributed by atoms with Crippen molar-refractivity contribution in [3.63, 3.8) is 0 Å². The van der Waals surface area contributed by atoms with E-state index in [0.717, 1.165) is 12.3 Å². The topological polar surface area (TPSA) is 21.6 Å². The van der Waals surface area contributed by atoms with Crippen molar-refractivity contribution in [2.75, 3.05) is 7.11 Å². The summed E-state index contributed by atoms with van der Waals surface area (Å²) in [6.07, 6.45) is 0. The van der Waals surface area contributed by atoms with E-state index in [0.29, 0.717) is 0 Å². The predicted molar refractivity (Wildman–Crippen MR) is 64.3 cm³/mol. The molecule has 15 heavy (non-hydrogen) atoms. The van der Waals surface area contributed by atoms with Crippen molar-refractivity contribution < 1.29 is 4.74 Å². The lowest BCUT2D eigenvalue weighted by atomic mass is 10.0. The minimum atomic E-state index is -0.269. The van der Waals surface area contributed by atoms with Crippen LogP contribution in [0.15, 0.2) is 35.3 Å². The van der Waals surface area contributed by atoms with Crippen molar-refractivity contribution in [3.8, 4) is 0 Å². The van der Waals surface area contributed by atoms with Crippen LogP contribution in [0, 0.1) is 0 Å². The number of methoxy groups -OCH3 is 1. The minimum absolute atomic E-state index is 0.269. The summed E-state index contributed by atoms with van der Waals surface area (Å²) in [5.74, 6) is 0. The van der Waals surface area contributed by atoms with Gasteiger partial charge in [-0.05, 0) is 26.3 Å². The molecule has 0 N–H and O–H groups in total. The summed E-state index contributed by atoms with van der Waals surface area (Å²) in [6.45, 7) is 6.78. The van der Waals surface area contributed by atoms with E-state index in [-0.39, 0.29) is 5.60 Å². The van der Waals surface area contributed by atoms with Gasteiger partial charge in [0.2, 0.25) is 0 Å². The molecule has 0 spiro atoms. The van der Waals surface area contributed by atoms with Gasteiger partial charge in [0.25, 0.3) is 0 Å². The number of benzene rings is 1. The van der Waals surface area contributed by atoms with Crippen LogP contribution in [-0.2, 0) is 11.3 Å². The Labute approximate surface area is 92.0 Å². The van der Waals surface area contributed by atoms with Crippen molar-refractivity contribution in [3.05, 3.63) is 35.9 Å². The highest BCUT2D eigenvalue weighted by Crippen LogP contribution is 2.11. The fourth-order valence-electron chi connectivity index (χ4n) is 1.13. The molecule has 0 fully saturated rings. The number of hydrogen-bond donors (Lipinski definition) is 0. The second-order valence-electron chi connectivity index (χ2n) is 4.10. The molecule has 0 unspecified atom stereocenters. The second kappa shape index (κ2) is 5.08. The Morgan fingerprint density at radius 3 is 2.40 bits per heavy atom. The maximum Gasteiger partial charge on any atom is 0.0994 e. The summed E-state index contributed by atoms with van der Waals surface area (Å²) in [5.41, 5.74) is 1.98. The van der Waals surface area contributed by atoms with Gasteiger partial charge in [0.15, 0.2) is 0 Å². The molecule has 0 bridgehead atoms. The zero-order valence-electron chi connectivity index (χ0n) is 9.95. The molecule has 82 valence electrons. The molecule has 0 aliphatic heterocycles. The molecule has 2 heteroatoms. The smallest absolute Gasteiger partial charge is 0.0994 e. The van der Waals surface area contributed by atoms with Crippen molar-refractivity contribution in [1.82, 2.24) is 0 Å². The molecule has 0 aliphatic rings. The van der Waals surface area contributed by atoms with E-state index < -0.39 is 0 Å². The summed E-state index contributed by atoms with van der Waals surface area (Å²) in [5, 5.41) is 0. The number of rotatable bonds is 4. The number of hydrogen-bond acceptors (Lipinski definition) is 2. The van der Waals surface area contributed by atoms with E-state index in [2.05, 4.69) is 17.1 Å². The van der Waals surface area contributed by atoms with Crippen molar-refractivity contribution >= 4 is 5.71 Å². The molecular weight excluding hydrogens is 186 g/mol. The van der Waals surface area contributed by atoms with E-state index in [9.17, 15) is 0 Å². The van der Waals surface area contributed by atoms with Crippen LogP contribution in [0.3, 0.4) is 0 Å². The van der Waals surface area contributed by atoms with Crippen LogP contribution in [-0.4, -0.2) is 18.4 Å². The van der Waals surface area contributed by atoms with Gasteiger partial charge in [-0.25, -0.2) is 0 Å². The lowest BCUT2D eigenvalue weighted by Gasteiger charge is -2.22. The highest BCUT2D eigenvalue weighted by atomic mass is 16.5. The third-order valence-electron chi connectivity index (χ3n) is 2.72. The molecule has 2 nitrogen and oxygen atoms in total. The summed E-state index contributed by atoms with van der Waals surface area (Å²) in [6, 6.07) is 10.2. The Balaban J connectivity index is 2.66. The van der Waals surface area contributed by atoms with E-state index in [1.165, 1.54) is 5.56 Å². The van der Waals surface area contributed by atoms with Crippen LogP contribution < -0.4 is 0 Å². The van der Waals surface area contributed by atoms with Crippen molar-refractivity contribution in [2.24, 2.45) is 4.99 Å². The van der Waals surface area contributed by atoms with Crippen molar-refractivity contribution in [1.29, 1.82) is 0 Å². The van der Waals surface area contributed by atoms with Crippen LogP contribution in [0.25, 0.3) is 0 Å². The molecule has 0 saturated carbocycles. The maximum atomic E-state index is 5.36. The van der Waals surface area contributed by atoms with E-state index >= 15 is 0 Å². The van der Waals surface area contributed by atoms with Gasteiger partial charge in [-0.15, -0.1) is 0 Å². The molecule has 1 aromatic rings. The van der Waals surface area contributed by atoms with Gasteiger partial charge in [-0.3, -0.25) is 4.99 Å². The number of ether oxygens (including phenoxy) is 1.